The lowest BCUT2D eigenvalue weighted by molar-refractivity contribution is 0.123. The van der Waals surface area contributed by atoms with Gasteiger partial charge >= 0.3 is 0 Å². The summed E-state index contributed by atoms with van der Waals surface area (Å²) in [6, 6.07) is 21.8. The standard InChI is InChI=1S/C23H21N3O2S/c27-20-15-21(24-17-7-3-1-4-8-17)26(18-9-5-2-6-10-18)23-22(20)19(16-29-23)25-11-13-28-14-12-25/h1-10,15-16,24H,11-14H2. The predicted molar refractivity (Wildman–Crippen MR) is 120 cm³/mol. The van der Waals surface area contributed by atoms with E-state index in [-0.39, 0.29) is 5.43 Å². The number of benzene rings is 2. The normalized spacial score (nSPS) is 14.3. The molecule has 2 aromatic carbocycles. The zero-order valence-corrected chi connectivity index (χ0v) is 16.7. The van der Waals surface area contributed by atoms with Gasteiger partial charge in [-0.15, -0.1) is 11.3 Å². The molecular formula is C23H21N3O2S. The van der Waals surface area contributed by atoms with E-state index in [0.717, 1.165) is 46.2 Å². The van der Waals surface area contributed by atoms with Crippen LogP contribution in [-0.4, -0.2) is 30.9 Å². The SMILES string of the molecule is O=c1cc(Nc2ccccc2)n(-c2ccccc2)c2scc(N3CCOCC3)c12. The van der Waals surface area contributed by atoms with E-state index in [2.05, 4.69) is 32.3 Å². The molecule has 1 aliphatic rings. The third-order valence-electron chi connectivity index (χ3n) is 5.12. The molecule has 3 heterocycles. The molecule has 5 nitrogen and oxygen atoms in total. The molecule has 0 saturated carbocycles. The highest BCUT2D eigenvalue weighted by Crippen LogP contribution is 2.35. The number of pyridine rings is 1. The molecule has 1 saturated heterocycles. The first-order valence-corrected chi connectivity index (χ1v) is 10.6. The highest BCUT2D eigenvalue weighted by Gasteiger charge is 2.21. The van der Waals surface area contributed by atoms with E-state index in [1.54, 1.807) is 17.4 Å². The minimum atomic E-state index is 0.0355. The molecule has 0 aliphatic carbocycles. The van der Waals surface area contributed by atoms with Gasteiger partial charge in [-0.05, 0) is 24.3 Å². The Balaban J connectivity index is 1.71. The van der Waals surface area contributed by atoms with Crippen molar-refractivity contribution in [1.29, 1.82) is 0 Å². The summed E-state index contributed by atoms with van der Waals surface area (Å²) in [5.41, 5.74) is 3.01. The van der Waals surface area contributed by atoms with Crippen LogP contribution in [0, 0.1) is 0 Å². The molecule has 2 aromatic heterocycles. The van der Waals surface area contributed by atoms with Gasteiger partial charge in [-0.2, -0.15) is 0 Å². The number of nitrogens with zero attached hydrogens (tertiary/aromatic N) is 2. The molecule has 0 radical (unpaired) electrons. The van der Waals surface area contributed by atoms with Crippen LogP contribution >= 0.6 is 11.3 Å². The third kappa shape index (κ3) is 3.41. The Morgan fingerprint density at radius 3 is 2.34 bits per heavy atom. The van der Waals surface area contributed by atoms with Gasteiger partial charge in [-0.25, -0.2) is 0 Å². The smallest absolute Gasteiger partial charge is 0.194 e. The van der Waals surface area contributed by atoms with Crippen LogP contribution in [0.4, 0.5) is 17.2 Å². The first-order valence-electron chi connectivity index (χ1n) is 9.69. The van der Waals surface area contributed by atoms with Crippen molar-refractivity contribution >= 4 is 38.7 Å². The Morgan fingerprint density at radius 1 is 0.931 bits per heavy atom. The van der Waals surface area contributed by atoms with Crippen LogP contribution in [0.25, 0.3) is 15.9 Å². The molecule has 29 heavy (non-hydrogen) atoms. The average Bonchev–Trinajstić information content (AvgIpc) is 3.21. The van der Waals surface area contributed by atoms with Crippen LogP contribution in [0.3, 0.4) is 0 Å². The van der Waals surface area contributed by atoms with Crippen LogP contribution in [-0.2, 0) is 4.74 Å². The number of anilines is 3. The minimum absolute atomic E-state index is 0.0355. The molecule has 0 bridgehead atoms. The third-order valence-corrected chi connectivity index (χ3v) is 6.07. The highest BCUT2D eigenvalue weighted by molar-refractivity contribution is 7.17. The molecule has 0 unspecified atom stereocenters. The first-order chi connectivity index (χ1) is 14.3. The molecule has 0 spiro atoms. The summed E-state index contributed by atoms with van der Waals surface area (Å²) < 4.78 is 7.62. The molecule has 0 amide bonds. The number of morpholine rings is 1. The van der Waals surface area contributed by atoms with Gasteiger partial charge in [0.1, 0.15) is 10.6 Å². The monoisotopic (exact) mass is 403 g/mol. The number of hydrogen-bond donors (Lipinski definition) is 1. The predicted octanol–water partition coefficient (Wildman–Crippen LogP) is 4.63. The molecule has 1 aliphatic heterocycles. The maximum atomic E-state index is 13.2. The number of aromatic nitrogens is 1. The highest BCUT2D eigenvalue weighted by atomic mass is 32.1. The summed E-state index contributed by atoms with van der Waals surface area (Å²) in [6.45, 7) is 3.00. The summed E-state index contributed by atoms with van der Waals surface area (Å²) in [4.78, 5) is 16.4. The quantitative estimate of drug-likeness (QED) is 0.540. The maximum Gasteiger partial charge on any atom is 0.194 e. The van der Waals surface area contributed by atoms with Crippen LogP contribution in [0.15, 0.2) is 76.9 Å². The van der Waals surface area contributed by atoms with E-state index in [0.29, 0.717) is 13.2 Å². The Kier molecular flexibility index (Phi) is 4.79. The van der Waals surface area contributed by atoms with Crippen molar-refractivity contribution in [2.75, 3.05) is 36.5 Å². The second-order valence-corrected chi connectivity index (χ2v) is 7.81. The Bertz CT molecular complexity index is 1180. The number of fused-ring (bicyclic) bond motifs is 1. The van der Waals surface area contributed by atoms with Crippen molar-refractivity contribution in [1.82, 2.24) is 4.57 Å². The molecule has 146 valence electrons. The molecule has 5 rings (SSSR count). The van der Waals surface area contributed by atoms with Gasteiger partial charge < -0.3 is 15.0 Å². The zero-order valence-electron chi connectivity index (χ0n) is 15.9. The van der Waals surface area contributed by atoms with E-state index in [4.69, 9.17) is 4.74 Å². The zero-order chi connectivity index (χ0) is 19.6. The number of rotatable bonds is 4. The fourth-order valence-electron chi connectivity index (χ4n) is 3.74. The van der Waals surface area contributed by atoms with Gasteiger partial charge in [0.2, 0.25) is 0 Å². The number of para-hydroxylation sites is 2. The number of nitrogens with one attached hydrogen (secondary N) is 1. The van der Waals surface area contributed by atoms with Gasteiger partial charge in [0.15, 0.2) is 5.43 Å². The van der Waals surface area contributed by atoms with Crippen molar-refractivity contribution < 1.29 is 4.74 Å². The van der Waals surface area contributed by atoms with E-state index >= 15 is 0 Å². The molecule has 0 atom stereocenters. The summed E-state index contributed by atoms with van der Waals surface area (Å²) in [6.07, 6.45) is 0. The lowest BCUT2D eigenvalue weighted by atomic mass is 10.2. The van der Waals surface area contributed by atoms with Gasteiger partial charge in [0.05, 0.1) is 24.3 Å². The van der Waals surface area contributed by atoms with Gasteiger partial charge in [-0.1, -0.05) is 36.4 Å². The Morgan fingerprint density at radius 2 is 1.62 bits per heavy atom. The fourth-order valence-corrected chi connectivity index (χ4v) is 4.86. The molecule has 1 fully saturated rings. The van der Waals surface area contributed by atoms with Gasteiger partial charge in [-0.3, -0.25) is 9.36 Å². The van der Waals surface area contributed by atoms with Crippen molar-refractivity contribution in [2.45, 2.75) is 0 Å². The topological polar surface area (TPSA) is 46.5 Å². The summed E-state index contributed by atoms with van der Waals surface area (Å²) in [7, 11) is 0. The molecule has 1 N–H and O–H groups in total. The van der Waals surface area contributed by atoms with Crippen LogP contribution in [0.1, 0.15) is 0 Å². The van der Waals surface area contributed by atoms with Crippen LogP contribution in [0.2, 0.25) is 0 Å². The second kappa shape index (κ2) is 7.73. The minimum Gasteiger partial charge on any atom is -0.378 e. The fraction of sp³-hybridized carbons (Fsp3) is 0.174. The second-order valence-electron chi connectivity index (χ2n) is 6.96. The lowest BCUT2D eigenvalue weighted by Crippen LogP contribution is -2.36. The van der Waals surface area contributed by atoms with Crippen molar-refractivity contribution in [3.8, 4) is 5.69 Å². The van der Waals surface area contributed by atoms with E-state index in [1.165, 1.54) is 0 Å². The summed E-state index contributed by atoms with van der Waals surface area (Å²) in [5.74, 6) is 0.760. The maximum absolute atomic E-state index is 13.2. The largest absolute Gasteiger partial charge is 0.378 e. The lowest BCUT2D eigenvalue weighted by Gasteiger charge is -2.28. The van der Waals surface area contributed by atoms with Crippen LogP contribution < -0.4 is 15.6 Å². The number of ether oxygens (including phenoxy) is 1. The van der Waals surface area contributed by atoms with Crippen molar-refractivity contribution in [2.24, 2.45) is 0 Å². The molecule has 4 aromatic rings. The van der Waals surface area contributed by atoms with E-state index in [9.17, 15) is 4.79 Å². The molecule has 6 heteroatoms. The first kappa shape index (κ1) is 18.0. The summed E-state index contributed by atoms with van der Waals surface area (Å²) in [5, 5.41) is 6.31. The van der Waals surface area contributed by atoms with Crippen molar-refractivity contribution in [3.05, 3.63) is 82.3 Å². The van der Waals surface area contributed by atoms with E-state index < -0.39 is 0 Å². The Hall–Kier alpha value is -3.09. The van der Waals surface area contributed by atoms with E-state index in [1.807, 2.05) is 48.5 Å². The van der Waals surface area contributed by atoms with Crippen LogP contribution in [0.5, 0.6) is 0 Å². The Labute approximate surface area is 172 Å². The van der Waals surface area contributed by atoms with Gasteiger partial charge in [0, 0.05) is 35.9 Å². The van der Waals surface area contributed by atoms with Crippen molar-refractivity contribution in [3.63, 3.8) is 0 Å². The average molecular weight is 404 g/mol. The number of thiophene rings is 1. The summed E-state index contributed by atoms with van der Waals surface area (Å²) >= 11 is 1.61. The number of hydrogen-bond acceptors (Lipinski definition) is 5. The van der Waals surface area contributed by atoms with Gasteiger partial charge in [0.25, 0.3) is 0 Å². The molecular weight excluding hydrogens is 382 g/mol.